The van der Waals surface area contributed by atoms with Crippen molar-refractivity contribution in [3.05, 3.63) is 29.8 Å². The molecule has 0 aromatic heterocycles. The van der Waals surface area contributed by atoms with Crippen molar-refractivity contribution in [2.75, 3.05) is 46.6 Å². The van der Waals surface area contributed by atoms with E-state index in [1.54, 1.807) is 26.2 Å². The molecule has 2 aliphatic heterocycles. The van der Waals surface area contributed by atoms with E-state index in [4.69, 9.17) is 14.2 Å². The number of halogens is 2. The summed E-state index contributed by atoms with van der Waals surface area (Å²) in [5.74, 6) is -4.42. The number of alkyl halides is 2. The molecule has 44 heavy (non-hydrogen) atoms. The van der Waals surface area contributed by atoms with Gasteiger partial charge in [0.2, 0.25) is 23.6 Å². The molecule has 3 aliphatic rings. The number of nitrogens with zero attached hydrogens (tertiary/aromatic N) is 1. The number of ether oxygens (including phenoxy) is 3. The highest BCUT2D eigenvalue weighted by atomic mass is 19.3. The molecule has 0 unspecified atom stereocenters. The van der Waals surface area contributed by atoms with Crippen LogP contribution in [-0.2, 0) is 35.1 Å². The quantitative estimate of drug-likeness (QED) is 0.251. The molecular formula is C31H44F2N4O7. The van der Waals surface area contributed by atoms with Crippen LogP contribution in [0.2, 0.25) is 0 Å². The molecule has 1 aromatic rings. The number of hydrogen-bond acceptors (Lipinski definition) is 8. The van der Waals surface area contributed by atoms with E-state index in [9.17, 15) is 28.0 Å². The van der Waals surface area contributed by atoms with E-state index in [2.05, 4.69) is 16.0 Å². The zero-order valence-electron chi connectivity index (χ0n) is 25.7. The Kier molecular flexibility index (Phi) is 11.3. The maximum absolute atomic E-state index is 13.9. The molecule has 3 fully saturated rings. The second-order valence-corrected chi connectivity index (χ2v) is 12.3. The molecule has 3 amide bonds. The third kappa shape index (κ3) is 9.67. The predicted molar refractivity (Wildman–Crippen MR) is 156 cm³/mol. The van der Waals surface area contributed by atoms with Crippen molar-refractivity contribution in [1.82, 2.24) is 20.9 Å². The van der Waals surface area contributed by atoms with E-state index < -0.39 is 47.4 Å². The zero-order valence-corrected chi connectivity index (χ0v) is 25.7. The number of hydrogen-bond donors (Lipinski definition) is 3. The number of Topliss-reactive ketones (excluding diaryl/α,β-unsaturated/α-hetero) is 1. The van der Waals surface area contributed by atoms with Gasteiger partial charge in [-0.05, 0) is 63.1 Å². The van der Waals surface area contributed by atoms with Gasteiger partial charge in [0.15, 0.2) is 5.78 Å². The number of nitrogens with one attached hydrogen (secondary N) is 3. The number of morpholine rings is 1. The molecule has 244 valence electrons. The maximum Gasteiger partial charge on any atom is 0.248 e. The molecule has 4 rings (SSSR count). The normalized spacial score (nSPS) is 24.9. The van der Waals surface area contributed by atoms with E-state index in [-0.39, 0.29) is 56.9 Å². The lowest BCUT2D eigenvalue weighted by Gasteiger charge is -2.27. The Hall–Kier alpha value is -3.16. The Morgan fingerprint density at radius 1 is 1.05 bits per heavy atom. The lowest BCUT2D eigenvalue weighted by Crippen LogP contribution is -2.57. The summed E-state index contributed by atoms with van der Waals surface area (Å²) < 4.78 is 43.7. The average molecular weight is 623 g/mol. The number of methoxy groups -OCH3 is 1. The topological polar surface area (TPSA) is 139 Å². The van der Waals surface area contributed by atoms with E-state index in [1.807, 2.05) is 17.0 Å². The molecule has 1 saturated carbocycles. The SMILES string of the molecule is COc1ccc(CC[C@H](NC(=O)[C@H](C)NC(=O)CN2CCOCC2)C(=O)N[C@@H](C[C@@H]2CCC(F)(F)C2)C(=O)[C@@]2(C)CO2)cc1. The minimum absolute atomic E-state index is 0.0618. The van der Waals surface area contributed by atoms with Crippen molar-refractivity contribution in [3.8, 4) is 5.75 Å². The van der Waals surface area contributed by atoms with Crippen molar-refractivity contribution in [1.29, 1.82) is 0 Å². The molecule has 0 spiro atoms. The van der Waals surface area contributed by atoms with Gasteiger partial charge in [-0.25, -0.2) is 8.78 Å². The second-order valence-electron chi connectivity index (χ2n) is 12.3. The summed E-state index contributed by atoms with van der Waals surface area (Å²) in [7, 11) is 1.56. The first-order chi connectivity index (χ1) is 20.9. The lowest BCUT2D eigenvalue weighted by molar-refractivity contribution is -0.134. The Labute approximate surface area is 256 Å². The van der Waals surface area contributed by atoms with Gasteiger partial charge in [0.1, 0.15) is 23.4 Å². The number of amides is 3. The number of ketones is 1. The largest absolute Gasteiger partial charge is 0.497 e. The van der Waals surface area contributed by atoms with Crippen molar-refractivity contribution >= 4 is 23.5 Å². The second kappa shape index (κ2) is 14.7. The van der Waals surface area contributed by atoms with Gasteiger partial charge in [-0.3, -0.25) is 24.1 Å². The van der Waals surface area contributed by atoms with Crippen LogP contribution in [0.3, 0.4) is 0 Å². The molecule has 0 bridgehead atoms. The molecule has 0 radical (unpaired) electrons. The first kappa shape index (κ1) is 33.7. The predicted octanol–water partition coefficient (Wildman–Crippen LogP) is 1.62. The molecule has 1 aliphatic carbocycles. The van der Waals surface area contributed by atoms with Crippen LogP contribution in [-0.4, -0.2) is 105 Å². The van der Waals surface area contributed by atoms with E-state index in [0.29, 0.717) is 38.5 Å². The van der Waals surface area contributed by atoms with Crippen LogP contribution in [0.15, 0.2) is 24.3 Å². The van der Waals surface area contributed by atoms with Gasteiger partial charge in [-0.15, -0.1) is 0 Å². The van der Waals surface area contributed by atoms with Gasteiger partial charge >= 0.3 is 0 Å². The number of carbonyl (C=O) groups is 4. The Bertz CT molecular complexity index is 1170. The van der Waals surface area contributed by atoms with Crippen LogP contribution in [0.5, 0.6) is 5.75 Å². The minimum atomic E-state index is -2.79. The third-order valence-electron chi connectivity index (χ3n) is 8.56. The van der Waals surface area contributed by atoms with Gasteiger partial charge in [0.25, 0.3) is 0 Å². The van der Waals surface area contributed by atoms with Crippen molar-refractivity contribution in [3.63, 3.8) is 0 Å². The number of benzene rings is 1. The van der Waals surface area contributed by atoms with Crippen molar-refractivity contribution in [2.45, 2.75) is 82.0 Å². The monoisotopic (exact) mass is 622 g/mol. The highest BCUT2D eigenvalue weighted by Crippen LogP contribution is 2.41. The lowest BCUT2D eigenvalue weighted by atomic mass is 9.90. The van der Waals surface area contributed by atoms with Gasteiger partial charge in [0, 0.05) is 25.9 Å². The standard InChI is InChI=1S/C31H44F2N4O7/c1-20(34-26(38)18-37-12-14-43-15-13-37)28(40)35-24(9-6-21-4-7-23(42-3)8-5-21)29(41)36-25(27(39)30(2)19-44-30)16-22-10-11-31(32,33)17-22/h4-5,7-8,20,22,24-25H,6,9-19H2,1-3H3,(H,34,38)(H,35,40)(H,36,41)/t20-,22-,24-,25-,30+/m0/s1. The van der Waals surface area contributed by atoms with E-state index in [1.165, 1.54) is 6.92 Å². The molecule has 2 heterocycles. The van der Waals surface area contributed by atoms with Crippen molar-refractivity contribution in [2.24, 2.45) is 5.92 Å². The summed E-state index contributed by atoms with van der Waals surface area (Å²) in [5, 5.41) is 8.17. The number of aryl methyl sites for hydroxylation is 1. The van der Waals surface area contributed by atoms with Crippen LogP contribution >= 0.6 is 0 Å². The maximum atomic E-state index is 13.9. The van der Waals surface area contributed by atoms with Crippen LogP contribution in [0, 0.1) is 5.92 Å². The fourth-order valence-electron chi connectivity index (χ4n) is 5.68. The number of rotatable bonds is 15. The molecular weight excluding hydrogens is 578 g/mol. The fourth-order valence-corrected chi connectivity index (χ4v) is 5.68. The first-order valence-electron chi connectivity index (χ1n) is 15.3. The Morgan fingerprint density at radius 2 is 1.70 bits per heavy atom. The highest BCUT2D eigenvalue weighted by Gasteiger charge is 2.51. The van der Waals surface area contributed by atoms with Crippen LogP contribution in [0.1, 0.15) is 51.5 Å². The van der Waals surface area contributed by atoms with E-state index >= 15 is 0 Å². The number of carbonyl (C=O) groups excluding carboxylic acids is 4. The molecule has 11 nitrogen and oxygen atoms in total. The van der Waals surface area contributed by atoms with Gasteiger partial charge in [0.05, 0.1) is 39.5 Å². The van der Waals surface area contributed by atoms with Crippen molar-refractivity contribution < 1.29 is 42.2 Å². The first-order valence-corrected chi connectivity index (χ1v) is 15.3. The Balaban J connectivity index is 1.43. The van der Waals surface area contributed by atoms with Crippen LogP contribution in [0.4, 0.5) is 8.78 Å². The molecule has 1 aromatic carbocycles. The molecule has 3 N–H and O–H groups in total. The molecule has 13 heteroatoms. The summed E-state index contributed by atoms with van der Waals surface area (Å²) in [4.78, 5) is 54.7. The summed E-state index contributed by atoms with van der Waals surface area (Å²) in [6, 6.07) is 4.24. The summed E-state index contributed by atoms with van der Waals surface area (Å²) in [5.41, 5.74) is -0.176. The van der Waals surface area contributed by atoms with E-state index in [0.717, 1.165) is 5.56 Å². The molecule has 5 atom stereocenters. The summed E-state index contributed by atoms with van der Waals surface area (Å²) in [6.07, 6.45) is 0.318. The van der Waals surface area contributed by atoms with Crippen LogP contribution in [0.25, 0.3) is 0 Å². The minimum Gasteiger partial charge on any atom is -0.497 e. The van der Waals surface area contributed by atoms with Crippen LogP contribution < -0.4 is 20.7 Å². The van der Waals surface area contributed by atoms with Gasteiger partial charge in [-0.2, -0.15) is 0 Å². The Morgan fingerprint density at radius 3 is 2.30 bits per heavy atom. The average Bonchev–Trinajstić information content (AvgIpc) is 3.66. The summed E-state index contributed by atoms with van der Waals surface area (Å²) >= 11 is 0. The summed E-state index contributed by atoms with van der Waals surface area (Å²) in [6.45, 7) is 5.75. The van der Waals surface area contributed by atoms with Gasteiger partial charge in [-0.1, -0.05) is 12.1 Å². The smallest absolute Gasteiger partial charge is 0.248 e. The zero-order chi connectivity index (χ0) is 31.9. The highest BCUT2D eigenvalue weighted by molar-refractivity contribution is 5.98. The third-order valence-corrected chi connectivity index (χ3v) is 8.56. The van der Waals surface area contributed by atoms with Gasteiger partial charge < -0.3 is 30.2 Å². The number of epoxide rings is 1. The molecule has 2 saturated heterocycles. The fraction of sp³-hybridized carbons (Fsp3) is 0.677.